The van der Waals surface area contributed by atoms with Gasteiger partial charge in [0.25, 0.3) is 0 Å². The lowest BCUT2D eigenvalue weighted by Gasteiger charge is -2.28. The van der Waals surface area contributed by atoms with Crippen LogP contribution in [0, 0.1) is 17.6 Å². The molecule has 2 amide bonds. The number of nitrogens with zero attached hydrogens (tertiary/aromatic N) is 2. The highest BCUT2D eigenvalue weighted by atomic mass is 19.1. The zero-order chi connectivity index (χ0) is 19.3. The first-order chi connectivity index (χ1) is 12.3. The molecule has 1 aliphatic rings. The highest BCUT2D eigenvalue weighted by Gasteiger charge is 2.27. The van der Waals surface area contributed by atoms with Gasteiger partial charge in [-0.15, -0.1) is 0 Å². The van der Waals surface area contributed by atoms with Gasteiger partial charge >= 0.3 is 0 Å². The van der Waals surface area contributed by atoms with Gasteiger partial charge in [0.2, 0.25) is 11.8 Å². The monoisotopic (exact) mass is 367 g/mol. The first-order valence-corrected chi connectivity index (χ1v) is 8.89. The van der Waals surface area contributed by atoms with Crippen LogP contribution in [-0.2, 0) is 16.1 Å². The Kier molecular flexibility index (Phi) is 7.08. The number of benzene rings is 1. The lowest BCUT2D eigenvalue weighted by atomic mass is 9.96. The van der Waals surface area contributed by atoms with E-state index in [9.17, 15) is 18.4 Å². The molecule has 0 radical (unpaired) electrons. The van der Waals surface area contributed by atoms with Gasteiger partial charge < -0.3 is 15.1 Å². The van der Waals surface area contributed by atoms with E-state index in [-0.39, 0.29) is 30.8 Å². The molecule has 26 heavy (non-hydrogen) atoms. The molecule has 1 aromatic rings. The number of halogens is 2. The van der Waals surface area contributed by atoms with Crippen molar-refractivity contribution < 1.29 is 18.4 Å². The lowest BCUT2D eigenvalue weighted by molar-refractivity contribution is -0.135. The number of likely N-dealkylation sites (N-methyl/N-ethyl adjacent to an activating group) is 2. The van der Waals surface area contributed by atoms with E-state index in [2.05, 4.69) is 10.2 Å². The van der Waals surface area contributed by atoms with Gasteiger partial charge in [0.1, 0.15) is 11.6 Å². The molecule has 2 unspecified atom stereocenters. The van der Waals surface area contributed by atoms with Crippen molar-refractivity contribution >= 4 is 11.8 Å². The Hall–Kier alpha value is -2.02. The summed E-state index contributed by atoms with van der Waals surface area (Å²) in [7, 11) is 5.74. The minimum atomic E-state index is -0.678. The summed E-state index contributed by atoms with van der Waals surface area (Å²) in [6.45, 7) is 0.678. The van der Waals surface area contributed by atoms with Crippen LogP contribution < -0.4 is 5.32 Å². The van der Waals surface area contributed by atoms with Crippen molar-refractivity contribution in [1.29, 1.82) is 0 Å². The van der Waals surface area contributed by atoms with E-state index >= 15 is 0 Å². The molecule has 1 heterocycles. The van der Waals surface area contributed by atoms with Crippen LogP contribution in [0.5, 0.6) is 0 Å². The summed E-state index contributed by atoms with van der Waals surface area (Å²) in [5.74, 6) is -2.09. The van der Waals surface area contributed by atoms with Crippen molar-refractivity contribution in [3.8, 4) is 0 Å². The second-order valence-corrected chi connectivity index (χ2v) is 7.22. The normalized spacial score (nSPS) is 21.9. The summed E-state index contributed by atoms with van der Waals surface area (Å²) >= 11 is 0. The van der Waals surface area contributed by atoms with Gasteiger partial charge in [-0.1, -0.05) is 6.42 Å². The van der Waals surface area contributed by atoms with Crippen molar-refractivity contribution in [3.05, 3.63) is 35.4 Å². The van der Waals surface area contributed by atoms with Gasteiger partial charge in [-0.3, -0.25) is 9.59 Å². The Morgan fingerprint density at radius 2 is 1.88 bits per heavy atom. The molecule has 1 fully saturated rings. The van der Waals surface area contributed by atoms with Crippen LogP contribution in [0.3, 0.4) is 0 Å². The summed E-state index contributed by atoms with van der Waals surface area (Å²) < 4.78 is 26.5. The van der Waals surface area contributed by atoms with E-state index in [0.29, 0.717) is 18.5 Å². The number of rotatable bonds is 4. The molecule has 1 N–H and O–H groups in total. The van der Waals surface area contributed by atoms with Gasteiger partial charge in [-0.2, -0.15) is 0 Å². The van der Waals surface area contributed by atoms with Crippen LogP contribution >= 0.6 is 0 Å². The topological polar surface area (TPSA) is 52.6 Å². The second kappa shape index (κ2) is 9.07. The Bertz CT molecular complexity index is 631. The highest BCUT2D eigenvalue weighted by molar-refractivity contribution is 5.85. The first kappa shape index (κ1) is 20.3. The third kappa shape index (κ3) is 5.76. The Morgan fingerprint density at radius 1 is 1.23 bits per heavy atom. The summed E-state index contributed by atoms with van der Waals surface area (Å²) in [6, 6.07) is 3.43. The van der Waals surface area contributed by atoms with Crippen molar-refractivity contribution in [2.45, 2.75) is 38.3 Å². The molecule has 144 valence electrons. The molecule has 0 aromatic heterocycles. The molecule has 0 saturated carbocycles. The fourth-order valence-corrected chi connectivity index (χ4v) is 3.27. The average Bonchev–Trinajstić information content (AvgIpc) is 2.62. The van der Waals surface area contributed by atoms with Crippen molar-refractivity contribution in [3.63, 3.8) is 0 Å². The molecule has 1 aromatic carbocycles. The molecular weight excluding hydrogens is 340 g/mol. The van der Waals surface area contributed by atoms with Gasteiger partial charge in [0.05, 0.1) is 0 Å². The number of hydrogen-bond acceptors (Lipinski definition) is 3. The van der Waals surface area contributed by atoms with Crippen LogP contribution in [0.4, 0.5) is 8.78 Å². The fourth-order valence-electron chi connectivity index (χ4n) is 3.27. The van der Waals surface area contributed by atoms with E-state index in [1.165, 1.54) is 12.1 Å². The zero-order valence-corrected chi connectivity index (χ0v) is 15.6. The summed E-state index contributed by atoms with van der Waals surface area (Å²) in [5, 5.41) is 2.71. The Morgan fingerprint density at radius 3 is 2.50 bits per heavy atom. The molecule has 5 nitrogen and oxygen atoms in total. The van der Waals surface area contributed by atoms with Gasteiger partial charge in [-0.05, 0) is 44.6 Å². The molecule has 0 bridgehead atoms. The van der Waals surface area contributed by atoms with E-state index in [1.807, 2.05) is 14.1 Å². The van der Waals surface area contributed by atoms with Gasteiger partial charge in [-0.25, -0.2) is 8.78 Å². The predicted octanol–water partition coefficient (Wildman–Crippen LogP) is 2.16. The number of nitrogens with one attached hydrogen (secondary N) is 1. The molecule has 7 heteroatoms. The molecule has 1 aliphatic heterocycles. The number of carbonyl (C=O) groups excluding carboxylic acids is 2. The zero-order valence-electron chi connectivity index (χ0n) is 15.6. The molecule has 1 saturated heterocycles. The average molecular weight is 367 g/mol. The van der Waals surface area contributed by atoms with Gasteiger partial charge in [0, 0.05) is 44.6 Å². The van der Waals surface area contributed by atoms with E-state index < -0.39 is 17.6 Å². The summed E-state index contributed by atoms with van der Waals surface area (Å²) in [5.41, 5.74) is 0.357. The minimum absolute atomic E-state index is 0.0361. The number of hydrogen-bond donors (Lipinski definition) is 1. The van der Waals surface area contributed by atoms with Crippen molar-refractivity contribution in [2.24, 2.45) is 5.92 Å². The van der Waals surface area contributed by atoms with Crippen LogP contribution in [0.1, 0.15) is 31.2 Å². The number of amides is 2. The maximum absolute atomic E-state index is 13.2. The molecular formula is C19H27F2N3O2. The van der Waals surface area contributed by atoms with Crippen LogP contribution in [0.15, 0.2) is 18.2 Å². The molecule has 0 aliphatic carbocycles. The Labute approximate surface area is 153 Å². The third-order valence-corrected chi connectivity index (χ3v) is 4.91. The molecule has 0 spiro atoms. The first-order valence-electron chi connectivity index (χ1n) is 8.89. The van der Waals surface area contributed by atoms with Crippen molar-refractivity contribution in [2.75, 3.05) is 27.7 Å². The quantitative estimate of drug-likeness (QED) is 0.887. The fraction of sp³-hybridized carbons (Fsp3) is 0.579. The predicted molar refractivity (Wildman–Crippen MR) is 95.3 cm³/mol. The molecule has 2 rings (SSSR count). The van der Waals surface area contributed by atoms with Gasteiger partial charge in [0.15, 0.2) is 0 Å². The van der Waals surface area contributed by atoms with E-state index in [0.717, 1.165) is 18.9 Å². The van der Waals surface area contributed by atoms with Crippen LogP contribution in [0.25, 0.3) is 0 Å². The van der Waals surface area contributed by atoms with Crippen LogP contribution in [-0.4, -0.2) is 55.3 Å². The maximum Gasteiger partial charge on any atom is 0.223 e. The van der Waals surface area contributed by atoms with E-state index in [4.69, 9.17) is 0 Å². The standard InChI is InChI=1S/C19H27F2N3O2/c1-23(2)17-6-4-5-14(9-18(25)24(3)12-17)19(26)22-11-13-7-15(20)10-16(21)8-13/h7-8,10,14,17H,4-6,9,11-12H2,1-3H3,(H,22,26). The highest BCUT2D eigenvalue weighted by Crippen LogP contribution is 2.20. The maximum atomic E-state index is 13.2. The minimum Gasteiger partial charge on any atom is -0.352 e. The van der Waals surface area contributed by atoms with Crippen molar-refractivity contribution in [1.82, 2.24) is 15.1 Å². The Balaban J connectivity index is 1.99. The summed E-state index contributed by atoms with van der Waals surface area (Å²) in [6.07, 6.45) is 2.52. The SMILES string of the molecule is CN1CC(N(C)C)CCCC(C(=O)NCc2cc(F)cc(F)c2)CC1=O. The van der Waals surface area contributed by atoms with Crippen LogP contribution in [0.2, 0.25) is 0 Å². The number of carbonyl (C=O) groups is 2. The largest absolute Gasteiger partial charge is 0.352 e. The second-order valence-electron chi connectivity index (χ2n) is 7.22. The summed E-state index contributed by atoms with van der Waals surface area (Å²) in [4.78, 5) is 28.7. The smallest absolute Gasteiger partial charge is 0.223 e. The third-order valence-electron chi connectivity index (χ3n) is 4.91. The molecule has 2 atom stereocenters. The lowest BCUT2D eigenvalue weighted by Crippen LogP contribution is -2.41. The van der Waals surface area contributed by atoms with E-state index in [1.54, 1.807) is 11.9 Å².